The molecule has 0 atom stereocenters. The van der Waals surface area contributed by atoms with Gasteiger partial charge in [0.15, 0.2) is 0 Å². The molecule has 2 aromatic heterocycles. The number of nitrogens with zero attached hydrogens (tertiary/aromatic N) is 2. The molecular weight excluding hydrogens is 741 g/mol. The summed E-state index contributed by atoms with van der Waals surface area (Å²) >= 11 is 0. The van der Waals surface area contributed by atoms with Gasteiger partial charge in [-0.25, -0.2) is 0 Å². The van der Waals surface area contributed by atoms with Crippen LogP contribution in [0.2, 0.25) is 0 Å². The fourth-order valence-corrected chi connectivity index (χ4v) is 9.40. The first kappa shape index (κ1) is 34.9. The predicted octanol–water partition coefficient (Wildman–Crippen LogP) is 16.3. The second-order valence-electron chi connectivity index (χ2n) is 15.7. The summed E-state index contributed by atoms with van der Waals surface area (Å²) in [5, 5.41) is 7.05. The summed E-state index contributed by atoms with van der Waals surface area (Å²) in [6.07, 6.45) is 0. The van der Waals surface area contributed by atoms with Gasteiger partial charge in [-0.1, -0.05) is 146 Å². The van der Waals surface area contributed by atoms with Crippen LogP contribution in [0.4, 0.5) is 17.1 Å². The van der Waals surface area contributed by atoms with Gasteiger partial charge in [0, 0.05) is 49.6 Å². The highest BCUT2D eigenvalue weighted by molar-refractivity contribution is 6.13. The first-order chi connectivity index (χ1) is 30.3. The van der Waals surface area contributed by atoms with Crippen LogP contribution in [-0.4, -0.2) is 4.57 Å². The van der Waals surface area contributed by atoms with Crippen molar-refractivity contribution in [1.29, 1.82) is 0 Å². The smallest absolute Gasteiger partial charge is 0.143 e. The van der Waals surface area contributed by atoms with Crippen LogP contribution in [0.5, 0.6) is 0 Å². The van der Waals surface area contributed by atoms with Crippen molar-refractivity contribution in [2.24, 2.45) is 0 Å². The molecule has 0 aliphatic heterocycles. The van der Waals surface area contributed by atoms with E-state index in [2.05, 4.69) is 234 Å². The lowest BCUT2D eigenvalue weighted by Crippen LogP contribution is -2.10. The SMILES string of the molecule is c1ccc(N(c2ccccc2)c2ccc(-c3cc(-c4ccc5c(c4)c4ccccc4n5-c4ccccc4)cc(-c4cccc5c4oc4ccccc45)c3)c3ccccc23)cc1. The summed E-state index contributed by atoms with van der Waals surface area (Å²) in [7, 11) is 0. The Morgan fingerprint density at radius 3 is 1.66 bits per heavy atom. The van der Waals surface area contributed by atoms with E-state index in [1.54, 1.807) is 0 Å². The summed E-state index contributed by atoms with van der Waals surface area (Å²) in [6, 6.07) is 82.9. The molecular formula is C58H38N2O. The van der Waals surface area contributed by atoms with Crippen LogP contribution < -0.4 is 4.90 Å². The molecule has 0 spiro atoms. The summed E-state index contributed by atoms with van der Waals surface area (Å²) < 4.78 is 9.04. The van der Waals surface area contributed by atoms with Crippen molar-refractivity contribution in [2.45, 2.75) is 0 Å². The lowest BCUT2D eigenvalue weighted by atomic mass is 9.90. The second kappa shape index (κ2) is 14.3. The molecule has 10 aromatic carbocycles. The summed E-state index contributed by atoms with van der Waals surface area (Å²) in [6.45, 7) is 0. The third-order valence-corrected chi connectivity index (χ3v) is 12.2. The summed E-state index contributed by atoms with van der Waals surface area (Å²) in [5.74, 6) is 0. The molecule has 61 heavy (non-hydrogen) atoms. The van der Waals surface area contributed by atoms with Crippen LogP contribution in [0.15, 0.2) is 235 Å². The molecule has 286 valence electrons. The molecule has 0 saturated carbocycles. The van der Waals surface area contributed by atoms with Gasteiger partial charge < -0.3 is 13.9 Å². The van der Waals surface area contributed by atoms with Crippen LogP contribution >= 0.6 is 0 Å². The molecule has 0 N–H and O–H groups in total. The third kappa shape index (κ3) is 5.82. The number of anilines is 3. The molecule has 12 rings (SSSR count). The van der Waals surface area contributed by atoms with Crippen molar-refractivity contribution >= 4 is 71.6 Å². The van der Waals surface area contributed by atoms with E-state index < -0.39 is 0 Å². The molecule has 0 radical (unpaired) electrons. The molecule has 0 unspecified atom stereocenters. The van der Waals surface area contributed by atoms with Crippen LogP contribution in [0.1, 0.15) is 0 Å². The maximum atomic E-state index is 6.67. The largest absolute Gasteiger partial charge is 0.455 e. The Balaban J connectivity index is 1.10. The van der Waals surface area contributed by atoms with E-state index in [1.165, 1.54) is 38.1 Å². The monoisotopic (exact) mass is 778 g/mol. The lowest BCUT2D eigenvalue weighted by Gasteiger charge is -2.27. The van der Waals surface area contributed by atoms with Crippen molar-refractivity contribution in [2.75, 3.05) is 4.90 Å². The molecule has 0 saturated heterocycles. The Hall–Kier alpha value is -8.14. The molecule has 12 aromatic rings. The van der Waals surface area contributed by atoms with Gasteiger partial charge in [-0.15, -0.1) is 0 Å². The molecule has 0 aliphatic rings. The van der Waals surface area contributed by atoms with Gasteiger partial charge >= 0.3 is 0 Å². The highest BCUT2D eigenvalue weighted by atomic mass is 16.3. The molecule has 3 heteroatoms. The van der Waals surface area contributed by atoms with E-state index in [0.717, 1.165) is 72.5 Å². The van der Waals surface area contributed by atoms with Crippen molar-refractivity contribution in [1.82, 2.24) is 4.57 Å². The number of benzene rings is 10. The van der Waals surface area contributed by atoms with E-state index in [-0.39, 0.29) is 0 Å². The highest BCUT2D eigenvalue weighted by Crippen LogP contribution is 2.45. The Labute approximate surface area is 353 Å². The quantitative estimate of drug-likeness (QED) is 0.161. The topological polar surface area (TPSA) is 21.3 Å². The number of rotatable bonds is 7. The van der Waals surface area contributed by atoms with E-state index in [0.29, 0.717) is 0 Å². The van der Waals surface area contributed by atoms with Crippen molar-refractivity contribution in [3.05, 3.63) is 231 Å². The maximum Gasteiger partial charge on any atom is 0.143 e. The highest BCUT2D eigenvalue weighted by Gasteiger charge is 2.20. The molecule has 0 fully saturated rings. The minimum Gasteiger partial charge on any atom is -0.455 e. The van der Waals surface area contributed by atoms with Gasteiger partial charge in [0.25, 0.3) is 0 Å². The fraction of sp³-hybridized carbons (Fsp3) is 0. The molecule has 0 bridgehead atoms. The van der Waals surface area contributed by atoms with Crippen molar-refractivity contribution in [3.63, 3.8) is 0 Å². The Morgan fingerprint density at radius 2 is 0.902 bits per heavy atom. The van der Waals surface area contributed by atoms with Crippen molar-refractivity contribution in [3.8, 4) is 39.1 Å². The van der Waals surface area contributed by atoms with E-state index in [1.807, 2.05) is 6.07 Å². The molecule has 0 amide bonds. The minimum atomic E-state index is 0.893. The zero-order valence-corrected chi connectivity index (χ0v) is 33.2. The number of furan rings is 1. The second-order valence-corrected chi connectivity index (χ2v) is 15.7. The zero-order valence-electron chi connectivity index (χ0n) is 33.2. The van der Waals surface area contributed by atoms with Gasteiger partial charge in [-0.05, 0) is 118 Å². The molecule has 3 nitrogen and oxygen atoms in total. The normalized spacial score (nSPS) is 11.6. The number of aromatic nitrogens is 1. The number of hydrogen-bond acceptors (Lipinski definition) is 2. The molecule has 2 heterocycles. The van der Waals surface area contributed by atoms with E-state index >= 15 is 0 Å². The van der Waals surface area contributed by atoms with Gasteiger partial charge in [0.2, 0.25) is 0 Å². The van der Waals surface area contributed by atoms with Crippen LogP contribution in [0, 0.1) is 0 Å². The predicted molar refractivity (Wildman–Crippen MR) is 257 cm³/mol. The number of hydrogen-bond donors (Lipinski definition) is 0. The number of fused-ring (bicyclic) bond motifs is 7. The Bertz CT molecular complexity index is 3540. The Morgan fingerprint density at radius 1 is 0.328 bits per heavy atom. The van der Waals surface area contributed by atoms with Gasteiger partial charge in [0.1, 0.15) is 11.2 Å². The maximum absolute atomic E-state index is 6.67. The third-order valence-electron chi connectivity index (χ3n) is 12.2. The zero-order chi connectivity index (χ0) is 40.3. The van der Waals surface area contributed by atoms with Gasteiger partial charge in [0.05, 0.1) is 16.7 Å². The standard InChI is InChI=1S/C58H38N2O/c1-4-17-43(18-5-1)59(44-19-6-2-7-20-44)55-34-32-46(48-23-10-11-24-49(48)55)41-35-40(36-42(37-41)47-27-16-28-52-51-26-13-15-30-57(51)61-58(47)52)39-31-33-56-53(38-39)50-25-12-14-29-54(50)60(56)45-21-8-3-9-22-45/h1-38H. The van der Waals surface area contributed by atoms with Crippen LogP contribution in [0.25, 0.3) is 93.6 Å². The molecule has 0 aliphatic carbocycles. The lowest BCUT2D eigenvalue weighted by molar-refractivity contribution is 0.670. The minimum absolute atomic E-state index is 0.893. The average molecular weight is 779 g/mol. The Kier molecular flexibility index (Phi) is 8.17. The fourth-order valence-electron chi connectivity index (χ4n) is 9.40. The van der Waals surface area contributed by atoms with Crippen LogP contribution in [-0.2, 0) is 0 Å². The van der Waals surface area contributed by atoms with E-state index in [9.17, 15) is 0 Å². The summed E-state index contributed by atoms with van der Waals surface area (Å²) in [5.41, 5.74) is 15.4. The van der Waals surface area contributed by atoms with Gasteiger partial charge in [-0.2, -0.15) is 0 Å². The van der Waals surface area contributed by atoms with Gasteiger partial charge in [-0.3, -0.25) is 0 Å². The summed E-state index contributed by atoms with van der Waals surface area (Å²) in [4.78, 5) is 2.36. The average Bonchev–Trinajstić information content (AvgIpc) is 3.88. The van der Waals surface area contributed by atoms with Crippen LogP contribution in [0.3, 0.4) is 0 Å². The first-order valence-electron chi connectivity index (χ1n) is 20.8. The number of para-hydroxylation sites is 6. The van der Waals surface area contributed by atoms with Crippen molar-refractivity contribution < 1.29 is 4.42 Å². The van der Waals surface area contributed by atoms with E-state index in [4.69, 9.17) is 4.42 Å². The first-order valence-corrected chi connectivity index (χ1v) is 20.8.